The van der Waals surface area contributed by atoms with Crippen molar-refractivity contribution in [3.05, 3.63) is 53.4 Å². The van der Waals surface area contributed by atoms with Gasteiger partial charge in [0.05, 0.1) is 25.4 Å². The van der Waals surface area contributed by atoms with Gasteiger partial charge in [0.1, 0.15) is 5.52 Å². The van der Waals surface area contributed by atoms with Crippen molar-refractivity contribution in [2.75, 3.05) is 20.8 Å². The first-order valence-corrected chi connectivity index (χ1v) is 12.0. The number of ether oxygens (including phenoxy) is 2. The summed E-state index contributed by atoms with van der Waals surface area (Å²) in [4.78, 5) is 11.9. The van der Waals surface area contributed by atoms with Crippen LogP contribution in [-0.4, -0.2) is 57.4 Å². The number of aliphatic carboxylic acids is 1. The van der Waals surface area contributed by atoms with E-state index in [0.717, 1.165) is 0 Å². The summed E-state index contributed by atoms with van der Waals surface area (Å²) in [6, 6.07) is 6.23. The van der Waals surface area contributed by atoms with E-state index in [1.165, 1.54) is 19.4 Å². The summed E-state index contributed by atoms with van der Waals surface area (Å²) in [7, 11) is 2.95. The Kier molecular flexibility index (Phi) is 5.99. The average molecular weight is 514 g/mol. The lowest BCUT2D eigenvalue weighted by Crippen LogP contribution is -2.35. The molecule has 1 saturated carbocycles. The lowest BCUT2D eigenvalue weighted by atomic mass is 9.81. The molecule has 3 N–H and O–H groups in total. The Bertz CT molecular complexity index is 1530. The fourth-order valence-corrected chi connectivity index (χ4v) is 5.84. The zero-order valence-corrected chi connectivity index (χ0v) is 21.1. The van der Waals surface area contributed by atoms with Crippen LogP contribution in [0.1, 0.15) is 50.3 Å². The second-order valence-electron chi connectivity index (χ2n) is 10.4. The Morgan fingerprint density at radius 2 is 2.05 bits per heavy atom. The average Bonchev–Trinajstić information content (AvgIpc) is 3.56. The normalized spacial score (nSPS) is 20.2. The number of nitrogens with one attached hydrogen (secondary N) is 1. The number of aromatic nitrogens is 3. The predicted molar refractivity (Wildman–Crippen MR) is 133 cm³/mol. The standard InChI is InChI=1S/C27H29F2N3O5/c1-26(2,13-36-3)24-20(14-7-8-27(35,11-14)25(33)34)21-18(9-15-12-30-31-23(15)22(21)29)32(24)16-5-6-17(28)19(10-16)37-4/h5-6,9-10,12,14,35H,7-8,11,13H2,1-4H3,(H,30,31)(H,33,34)/t14-,27+/m1/s1. The highest BCUT2D eigenvalue weighted by Gasteiger charge is 2.47. The van der Waals surface area contributed by atoms with Gasteiger partial charge in [0.15, 0.2) is 23.0 Å². The minimum Gasteiger partial charge on any atom is -0.494 e. The topological polar surface area (TPSA) is 110 Å². The fourth-order valence-electron chi connectivity index (χ4n) is 5.84. The number of aromatic amines is 1. The Labute approximate surface area is 211 Å². The van der Waals surface area contributed by atoms with Crippen molar-refractivity contribution in [2.24, 2.45) is 0 Å². The van der Waals surface area contributed by atoms with Crippen molar-refractivity contribution >= 4 is 27.8 Å². The number of carboxylic acids is 1. The zero-order valence-electron chi connectivity index (χ0n) is 21.1. The van der Waals surface area contributed by atoms with Crippen LogP contribution in [0.2, 0.25) is 0 Å². The molecule has 0 amide bonds. The van der Waals surface area contributed by atoms with Crippen molar-refractivity contribution < 1.29 is 33.3 Å². The molecule has 0 radical (unpaired) electrons. The van der Waals surface area contributed by atoms with Crippen LogP contribution in [0.4, 0.5) is 8.78 Å². The Hall–Kier alpha value is -3.50. The number of fused-ring (bicyclic) bond motifs is 2. The first-order chi connectivity index (χ1) is 17.5. The number of carboxylic acid groups (broad SMARTS) is 1. The van der Waals surface area contributed by atoms with Gasteiger partial charge in [-0.2, -0.15) is 5.10 Å². The third-order valence-corrected chi connectivity index (χ3v) is 7.48. The molecule has 1 fully saturated rings. The molecule has 0 bridgehead atoms. The summed E-state index contributed by atoms with van der Waals surface area (Å²) in [5, 5.41) is 28.1. The van der Waals surface area contributed by atoms with E-state index in [2.05, 4.69) is 10.2 Å². The van der Waals surface area contributed by atoms with Gasteiger partial charge in [-0.15, -0.1) is 0 Å². The number of H-pyrrole nitrogens is 1. The van der Waals surface area contributed by atoms with Crippen molar-refractivity contribution in [3.8, 4) is 11.4 Å². The fraction of sp³-hybridized carbons (Fsp3) is 0.407. The van der Waals surface area contributed by atoms with Crippen LogP contribution in [0.25, 0.3) is 27.5 Å². The lowest BCUT2D eigenvalue weighted by molar-refractivity contribution is -0.157. The van der Waals surface area contributed by atoms with E-state index in [1.54, 1.807) is 25.3 Å². The first-order valence-electron chi connectivity index (χ1n) is 12.0. The largest absolute Gasteiger partial charge is 0.494 e. The SMILES string of the molecule is COCC(C)(C)c1c([C@@H]2CC[C@@](O)(C(=O)O)C2)c2c(F)c3[nH]ncc3cc2n1-c1ccc(F)c(OC)c1. The summed E-state index contributed by atoms with van der Waals surface area (Å²) >= 11 is 0. The highest BCUT2D eigenvalue weighted by molar-refractivity contribution is 6.00. The number of carbonyl (C=O) groups is 1. The number of aliphatic hydroxyl groups is 1. The summed E-state index contributed by atoms with van der Waals surface area (Å²) in [5.41, 5.74) is -0.0149. The summed E-state index contributed by atoms with van der Waals surface area (Å²) in [6.45, 7) is 4.18. The maximum atomic E-state index is 16.3. The number of nitrogens with zero attached hydrogens (tertiary/aromatic N) is 2. The Morgan fingerprint density at radius 1 is 1.30 bits per heavy atom. The van der Waals surface area contributed by atoms with Crippen LogP contribution in [-0.2, 0) is 14.9 Å². The maximum Gasteiger partial charge on any atom is 0.335 e. The molecule has 196 valence electrons. The van der Waals surface area contributed by atoms with E-state index < -0.39 is 34.5 Å². The molecule has 2 heterocycles. The molecular weight excluding hydrogens is 484 g/mol. The van der Waals surface area contributed by atoms with Gasteiger partial charge in [0, 0.05) is 40.7 Å². The second-order valence-corrected chi connectivity index (χ2v) is 10.4. The smallest absolute Gasteiger partial charge is 0.335 e. The Balaban J connectivity index is 1.93. The summed E-state index contributed by atoms with van der Waals surface area (Å²) in [6.07, 6.45) is 1.86. The maximum absolute atomic E-state index is 16.3. The van der Waals surface area contributed by atoms with Gasteiger partial charge in [-0.1, -0.05) is 13.8 Å². The molecule has 4 aromatic rings. The number of benzene rings is 2. The predicted octanol–water partition coefficient (Wildman–Crippen LogP) is 4.80. The lowest BCUT2D eigenvalue weighted by Gasteiger charge is -2.30. The third-order valence-electron chi connectivity index (χ3n) is 7.48. The van der Waals surface area contributed by atoms with Crippen LogP contribution in [0.5, 0.6) is 5.75 Å². The molecule has 0 spiro atoms. The Morgan fingerprint density at radius 3 is 2.70 bits per heavy atom. The molecule has 1 aliphatic carbocycles. The number of hydrogen-bond donors (Lipinski definition) is 3. The molecule has 37 heavy (non-hydrogen) atoms. The van der Waals surface area contributed by atoms with Gasteiger partial charge >= 0.3 is 5.97 Å². The molecule has 1 aliphatic rings. The van der Waals surface area contributed by atoms with Crippen LogP contribution in [0.3, 0.4) is 0 Å². The van der Waals surface area contributed by atoms with Crippen LogP contribution >= 0.6 is 0 Å². The minimum absolute atomic E-state index is 0.0300. The van der Waals surface area contributed by atoms with Gasteiger partial charge in [-0.3, -0.25) is 5.10 Å². The van der Waals surface area contributed by atoms with Gasteiger partial charge in [-0.25, -0.2) is 13.6 Å². The van der Waals surface area contributed by atoms with Gasteiger partial charge in [0.25, 0.3) is 0 Å². The molecule has 2 aromatic heterocycles. The molecular formula is C27H29F2N3O5. The molecule has 5 rings (SSSR count). The number of halogens is 2. The molecule has 2 atom stereocenters. The third kappa shape index (κ3) is 3.86. The van der Waals surface area contributed by atoms with Crippen molar-refractivity contribution in [3.63, 3.8) is 0 Å². The second kappa shape index (κ2) is 8.81. The molecule has 2 aromatic carbocycles. The van der Waals surface area contributed by atoms with Gasteiger partial charge < -0.3 is 24.3 Å². The first kappa shape index (κ1) is 25.2. The van der Waals surface area contributed by atoms with Crippen LogP contribution in [0, 0.1) is 11.6 Å². The van der Waals surface area contributed by atoms with E-state index in [4.69, 9.17) is 9.47 Å². The minimum atomic E-state index is -1.91. The number of rotatable bonds is 7. The summed E-state index contributed by atoms with van der Waals surface area (Å²) in [5.74, 6) is -2.77. The van der Waals surface area contributed by atoms with Gasteiger partial charge in [-0.05, 0) is 48.9 Å². The quantitative estimate of drug-likeness (QED) is 0.328. The van der Waals surface area contributed by atoms with E-state index >= 15 is 4.39 Å². The molecule has 0 unspecified atom stereocenters. The zero-order chi connectivity index (χ0) is 26.7. The van der Waals surface area contributed by atoms with E-state index in [0.29, 0.717) is 39.7 Å². The molecule has 0 saturated heterocycles. The van der Waals surface area contributed by atoms with Crippen molar-refractivity contribution in [1.82, 2.24) is 14.8 Å². The molecule has 8 nitrogen and oxygen atoms in total. The number of methoxy groups -OCH3 is 2. The van der Waals surface area contributed by atoms with Gasteiger partial charge in [0.2, 0.25) is 0 Å². The van der Waals surface area contributed by atoms with E-state index in [9.17, 15) is 19.4 Å². The van der Waals surface area contributed by atoms with Crippen molar-refractivity contribution in [1.29, 1.82) is 0 Å². The van der Waals surface area contributed by atoms with Crippen LogP contribution < -0.4 is 4.74 Å². The highest BCUT2D eigenvalue weighted by atomic mass is 19.1. The van der Waals surface area contributed by atoms with E-state index in [1.807, 2.05) is 18.4 Å². The van der Waals surface area contributed by atoms with Crippen molar-refractivity contribution in [2.45, 2.75) is 50.0 Å². The highest BCUT2D eigenvalue weighted by Crippen LogP contribution is 2.50. The van der Waals surface area contributed by atoms with Crippen LogP contribution in [0.15, 0.2) is 30.5 Å². The summed E-state index contributed by atoms with van der Waals surface area (Å²) < 4.78 is 43.3. The van der Waals surface area contributed by atoms with E-state index in [-0.39, 0.29) is 30.7 Å². The monoisotopic (exact) mass is 513 g/mol. The molecule has 0 aliphatic heterocycles. The molecule has 10 heteroatoms. The number of hydrogen-bond acceptors (Lipinski definition) is 5.